The number of para-hydroxylation sites is 1. The minimum absolute atomic E-state index is 0.00956. The van der Waals surface area contributed by atoms with E-state index < -0.39 is 41.9 Å². The van der Waals surface area contributed by atoms with Gasteiger partial charge in [0.2, 0.25) is 11.8 Å². The summed E-state index contributed by atoms with van der Waals surface area (Å²) in [6, 6.07) is 22.0. The van der Waals surface area contributed by atoms with Gasteiger partial charge < -0.3 is 44.5 Å². The normalized spacial score (nSPS) is 21.7. The highest BCUT2D eigenvalue weighted by atomic mass is 32.1. The van der Waals surface area contributed by atoms with Crippen LogP contribution in [-0.2, 0) is 52.9 Å². The van der Waals surface area contributed by atoms with E-state index in [9.17, 15) is 38.7 Å². The maximum Gasteiger partial charge on any atom is 0.410 e. The van der Waals surface area contributed by atoms with Crippen LogP contribution in [0.2, 0.25) is 0 Å². The number of thiazole rings is 1. The molecule has 3 aromatic carbocycles. The van der Waals surface area contributed by atoms with Gasteiger partial charge in [0.05, 0.1) is 42.3 Å². The lowest BCUT2D eigenvalue weighted by atomic mass is 9.39. The maximum absolute atomic E-state index is 13.9. The molecule has 6 aliphatic rings. The van der Waals surface area contributed by atoms with Crippen molar-refractivity contribution in [2.45, 2.75) is 90.8 Å². The number of aromatic nitrogens is 4. The van der Waals surface area contributed by atoms with Crippen molar-refractivity contribution in [3.05, 3.63) is 131 Å². The van der Waals surface area contributed by atoms with Crippen molar-refractivity contribution in [2.24, 2.45) is 16.2 Å². The summed E-state index contributed by atoms with van der Waals surface area (Å²) in [4.78, 5) is 103. The minimum atomic E-state index is -1.16. The van der Waals surface area contributed by atoms with E-state index in [-0.39, 0.29) is 53.3 Å². The number of nitrogens with zero attached hydrogens (tertiary/aromatic N) is 7. The molecule has 12 rings (SSSR count). The molecule has 88 heavy (non-hydrogen) atoms. The summed E-state index contributed by atoms with van der Waals surface area (Å²) in [5, 5.41) is 24.6. The SMILES string of the molecule is COCCN(CCOC12CC3(C)CC(C)(CC(Cn4ncc(-c5ccc(N6CCc7c(OC)ccc(C(=O)Nc8nc9ccccc9s8)c7C6)nc5C(=O)O)c4C)(C3)C1)C2)C(=O)OC/C=C/c1cccc(NC(=O)CCNC(=O)CN2C(=O)C=CC2=O)c1. The van der Waals surface area contributed by atoms with E-state index in [0.717, 1.165) is 88.2 Å². The molecule has 2 atom stereocenters. The molecule has 460 valence electrons. The third-order valence-electron chi connectivity index (χ3n) is 17.5. The molecule has 3 aromatic heterocycles. The number of hydrogen-bond donors (Lipinski definition) is 4. The number of rotatable bonds is 24. The first kappa shape index (κ1) is 60.9. The van der Waals surface area contributed by atoms with Gasteiger partial charge in [0.25, 0.3) is 17.7 Å². The highest BCUT2D eigenvalue weighted by molar-refractivity contribution is 7.22. The molecule has 0 spiro atoms. The van der Waals surface area contributed by atoms with Crippen molar-refractivity contribution in [3.63, 3.8) is 0 Å². The van der Waals surface area contributed by atoms with E-state index in [0.29, 0.717) is 91.4 Å². The Balaban J connectivity index is 0.707. The minimum Gasteiger partial charge on any atom is -0.496 e. The average Bonchev–Trinajstić information content (AvgIpc) is 0.937. The summed E-state index contributed by atoms with van der Waals surface area (Å²) >= 11 is 1.40. The van der Waals surface area contributed by atoms with Gasteiger partial charge in [-0.05, 0) is 134 Å². The second-order valence-electron chi connectivity index (χ2n) is 24.6. The standard InChI is InChI=1S/C65H72N10O12S/c1-41-47(45-16-18-52(70-57(45)59(81)82)73-24-22-44-48(32-73)46(15-17-50(44)85-5)58(80)71-60-69-49-13-6-7-14-51(49)88-60)31-67-75(41)40-64-35-62(2)34-63(3,36-64)38-65(37-62,39-64)87-29-26-72(25-28-84-4)61(83)86-27-9-11-42-10-8-12-43(30-42)68-53(76)21-23-66-54(77)33-74-55(78)19-20-56(74)79/h6-20,30-31H,21-29,32-40H2,1-5H3,(H,66,77)(H,68,76)(H,81,82)(H,69,71,80)/b11-9+. The largest absolute Gasteiger partial charge is 0.496 e. The van der Waals surface area contributed by atoms with Gasteiger partial charge in [-0.2, -0.15) is 5.10 Å². The molecule has 6 amide bonds. The van der Waals surface area contributed by atoms with Gasteiger partial charge >= 0.3 is 12.1 Å². The zero-order valence-electron chi connectivity index (χ0n) is 50.0. The highest BCUT2D eigenvalue weighted by Crippen LogP contribution is 2.72. The molecule has 4 aliphatic carbocycles. The molecule has 2 unspecified atom stereocenters. The van der Waals surface area contributed by atoms with Gasteiger partial charge in [0.1, 0.15) is 24.7 Å². The Labute approximate surface area is 513 Å². The summed E-state index contributed by atoms with van der Waals surface area (Å²) in [5.74, 6) is -2.33. The predicted octanol–water partition coefficient (Wildman–Crippen LogP) is 8.69. The van der Waals surface area contributed by atoms with Gasteiger partial charge in [-0.25, -0.2) is 19.6 Å². The molecule has 0 saturated heterocycles. The third-order valence-corrected chi connectivity index (χ3v) is 18.5. The zero-order chi connectivity index (χ0) is 62.0. The van der Waals surface area contributed by atoms with Crippen molar-refractivity contribution >= 4 is 85.9 Å². The molecule has 0 radical (unpaired) electrons. The van der Waals surface area contributed by atoms with E-state index >= 15 is 0 Å². The summed E-state index contributed by atoms with van der Waals surface area (Å²) < 4.78 is 26.9. The Morgan fingerprint density at radius 2 is 1.60 bits per heavy atom. The van der Waals surface area contributed by atoms with E-state index in [1.807, 2.05) is 65.0 Å². The molecule has 4 fully saturated rings. The third kappa shape index (κ3) is 13.2. The second kappa shape index (κ2) is 25.1. The number of hydrogen-bond acceptors (Lipinski definition) is 16. The van der Waals surface area contributed by atoms with Gasteiger partial charge in [-0.1, -0.05) is 55.5 Å². The van der Waals surface area contributed by atoms with Crippen molar-refractivity contribution in [1.29, 1.82) is 0 Å². The van der Waals surface area contributed by atoms with Crippen LogP contribution >= 0.6 is 11.3 Å². The predicted molar refractivity (Wildman–Crippen MR) is 330 cm³/mol. The molecular weight excluding hydrogens is 1140 g/mol. The fourth-order valence-corrected chi connectivity index (χ4v) is 15.8. The first-order valence-corrected chi connectivity index (χ1v) is 30.4. The summed E-state index contributed by atoms with van der Waals surface area (Å²) in [5.41, 5.74) is 5.58. The number of benzene rings is 3. The number of carboxylic acids is 1. The average molecular weight is 1220 g/mol. The van der Waals surface area contributed by atoms with Crippen LogP contribution in [-0.4, -0.2) is 149 Å². The molecule has 2 aliphatic heterocycles. The van der Waals surface area contributed by atoms with Crippen LogP contribution in [0.4, 0.5) is 21.4 Å². The van der Waals surface area contributed by atoms with Crippen molar-refractivity contribution in [3.8, 4) is 16.9 Å². The van der Waals surface area contributed by atoms with Crippen LogP contribution in [0, 0.1) is 23.2 Å². The number of carbonyl (C=O) groups excluding carboxylic acids is 6. The topological polar surface area (TPSA) is 266 Å². The van der Waals surface area contributed by atoms with Gasteiger partial charge in [0.15, 0.2) is 10.8 Å². The van der Waals surface area contributed by atoms with Crippen molar-refractivity contribution in [2.75, 3.05) is 82.3 Å². The molecule has 5 heterocycles. The number of anilines is 3. The number of methoxy groups -OCH3 is 2. The Morgan fingerprint density at radius 3 is 2.35 bits per heavy atom. The van der Waals surface area contributed by atoms with Crippen molar-refractivity contribution < 1.29 is 57.6 Å². The van der Waals surface area contributed by atoms with Gasteiger partial charge in [0, 0.05) is 98.6 Å². The summed E-state index contributed by atoms with van der Waals surface area (Å²) in [6.07, 6.45) is 13.1. The molecule has 22 nitrogen and oxygen atoms in total. The van der Waals surface area contributed by atoms with E-state index in [2.05, 4.69) is 34.8 Å². The molecule has 6 aromatic rings. The lowest BCUT2D eigenvalue weighted by molar-refractivity contribution is -0.248. The van der Waals surface area contributed by atoms with Gasteiger partial charge in [-0.3, -0.25) is 38.9 Å². The zero-order valence-corrected chi connectivity index (χ0v) is 50.8. The molecule has 4 bridgehead atoms. The molecule has 4 saturated carbocycles. The number of carboxylic acid groups (broad SMARTS) is 1. The van der Waals surface area contributed by atoms with Crippen LogP contribution < -0.4 is 25.6 Å². The van der Waals surface area contributed by atoms with Crippen LogP contribution in [0.15, 0.2) is 97.2 Å². The van der Waals surface area contributed by atoms with E-state index in [1.165, 1.54) is 11.3 Å². The quantitative estimate of drug-likeness (QED) is 0.0413. The Bertz CT molecular complexity index is 3730. The Hall–Kier alpha value is -8.80. The lowest BCUT2D eigenvalue weighted by Crippen LogP contribution is -2.64. The van der Waals surface area contributed by atoms with Crippen LogP contribution in [0.5, 0.6) is 5.75 Å². The van der Waals surface area contributed by atoms with Crippen LogP contribution in [0.1, 0.15) is 102 Å². The molecular formula is C65H72N10O12S. The lowest BCUT2D eigenvalue weighted by Gasteiger charge is -2.69. The monoisotopic (exact) mass is 1220 g/mol. The highest BCUT2D eigenvalue weighted by Gasteiger charge is 2.66. The number of pyridine rings is 1. The first-order valence-electron chi connectivity index (χ1n) is 29.5. The fourth-order valence-electron chi connectivity index (χ4n) is 15.0. The maximum atomic E-state index is 13.9. The smallest absolute Gasteiger partial charge is 0.410 e. The second-order valence-corrected chi connectivity index (χ2v) is 25.6. The van der Waals surface area contributed by atoms with E-state index in [4.69, 9.17) is 29.0 Å². The number of nitrogens with one attached hydrogen (secondary N) is 3. The summed E-state index contributed by atoms with van der Waals surface area (Å²) in [7, 11) is 3.19. The van der Waals surface area contributed by atoms with Crippen LogP contribution in [0.25, 0.3) is 27.4 Å². The number of imide groups is 1. The van der Waals surface area contributed by atoms with Crippen LogP contribution in [0.3, 0.4) is 0 Å². The molecule has 23 heteroatoms. The summed E-state index contributed by atoms with van der Waals surface area (Å²) in [6.45, 7) is 8.95. The number of aromatic carboxylic acids is 1. The Kier molecular flexibility index (Phi) is 17.4. The van der Waals surface area contributed by atoms with Crippen molar-refractivity contribution in [1.82, 2.24) is 34.9 Å². The number of carbonyl (C=O) groups is 7. The fraction of sp³-hybridized carbons (Fsp3) is 0.415. The Morgan fingerprint density at radius 1 is 0.830 bits per heavy atom. The number of amides is 6. The number of ether oxygens (including phenoxy) is 4. The molecule has 4 N–H and O–H groups in total. The van der Waals surface area contributed by atoms with E-state index in [1.54, 1.807) is 61.7 Å². The first-order chi connectivity index (χ1) is 42.2. The van der Waals surface area contributed by atoms with Gasteiger partial charge in [-0.15, -0.1) is 0 Å². The number of fused-ring (bicyclic) bond motifs is 2.